The van der Waals surface area contributed by atoms with Gasteiger partial charge >= 0.3 is 0 Å². The van der Waals surface area contributed by atoms with E-state index in [1.54, 1.807) is 0 Å². The van der Waals surface area contributed by atoms with Crippen molar-refractivity contribution in [2.45, 2.75) is 32.3 Å². The zero-order chi connectivity index (χ0) is 11.3. The average Bonchev–Trinajstić information content (AvgIpc) is 2.57. The van der Waals surface area contributed by atoms with Crippen LogP contribution in [-0.4, -0.2) is 5.11 Å². The van der Waals surface area contributed by atoms with Crippen molar-refractivity contribution >= 4 is 10.8 Å². The van der Waals surface area contributed by atoms with Gasteiger partial charge in [0.1, 0.15) is 0 Å². The van der Waals surface area contributed by atoms with Crippen LogP contribution in [0.2, 0.25) is 0 Å². The minimum atomic E-state index is 0.128. The van der Waals surface area contributed by atoms with Crippen LogP contribution in [-0.2, 0) is 6.61 Å². The van der Waals surface area contributed by atoms with E-state index in [1.165, 1.54) is 21.9 Å². The lowest BCUT2D eigenvalue weighted by atomic mass is 9.94. The van der Waals surface area contributed by atoms with Gasteiger partial charge in [-0.25, -0.2) is 0 Å². The fourth-order valence-electron chi connectivity index (χ4n) is 2.96. The third-order valence-electron chi connectivity index (χ3n) is 4.10. The highest BCUT2D eigenvalue weighted by atomic mass is 16.3. The van der Waals surface area contributed by atoms with E-state index in [9.17, 15) is 5.11 Å². The SMILES string of the molecule is CC1c2cccc3c(CO)ccc(c23)C1C. The summed E-state index contributed by atoms with van der Waals surface area (Å²) in [6.45, 7) is 4.71. The Labute approximate surface area is 95.7 Å². The first-order chi connectivity index (χ1) is 7.74. The molecule has 1 N–H and O–H groups in total. The Morgan fingerprint density at radius 3 is 2.38 bits per heavy atom. The molecule has 1 nitrogen and oxygen atoms in total. The molecular formula is C15H16O. The fraction of sp³-hybridized carbons (Fsp3) is 0.333. The summed E-state index contributed by atoms with van der Waals surface area (Å²) in [6, 6.07) is 10.7. The first-order valence-electron chi connectivity index (χ1n) is 5.89. The summed E-state index contributed by atoms with van der Waals surface area (Å²) in [5.74, 6) is 1.18. The number of rotatable bonds is 1. The molecule has 0 saturated carbocycles. The molecule has 0 heterocycles. The van der Waals surface area contributed by atoms with Gasteiger partial charge in [0.2, 0.25) is 0 Å². The molecule has 3 rings (SSSR count). The maximum Gasteiger partial charge on any atom is 0.0687 e. The van der Waals surface area contributed by atoms with Crippen LogP contribution in [0, 0.1) is 0 Å². The number of aliphatic hydroxyl groups is 1. The van der Waals surface area contributed by atoms with Crippen molar-refractivity contribution in [3.8, 4) is 0 Å². The highest BCUT2D eigenvalue weighted by Gasteiger charge is 2.28. The van der Waals surface area contributed by atoms with Crippen LogP contribution in [0.25, 0.3) is 10.8 Å². The van der Waals surface area contributed by atoms with Gasteiger partial charge in [-0.05, 0) is 39.3 Å². The van der Waals surface area contributed by atoms with Crippen LogP contribution in [0.15, 0.2) is 30.3 Å². The lowest BCUT2D eigenvalue weighted by Crippen LogP contribution is -1.95. The van der Waals surface area contributed by atoms with Gasteiger partial charge in [0.05, 0.1) is 6.61 Å². The summed E-state index contributed by atoms with van der Waals surface area (Å²) in [6.07, 6.45) is 0. The van der Waals surface area contributed by atoms with Gasteiger partial charge in [-0.3, -0.25) is 0 Å². The first kappa shape index (κ1) is 9.86. The summed E-state index contributed by atoms with van der Waals surface area (Å²) in [7, 11) is 0. The lowest BCUT2D eigenvalue weighted by molar-refractivity contribution is 0.283. The van der Waals surface area contributed by atoms with Gasteiger partial charge in [0.25, 0.3) is 0 Å². The molecule has 16 heavy (non-hydrogen) atoms. The Hall–Kier alpha value is -1.34. The predicted molar refractivity (Wildman–Crippen MR) is 66.7 cm³/mol. The van der Waals surface area contributed by atoms with Gasteiger partial charge in [0.15, 0.2) is 0 Å². The van der Waals surface area contributed by atoms with Crippen molar-refractivity contribution < 1.29 is 5.11 Å². The summed E-state index contributed by atoms with van der Waals surface area (Å²) < 4.78 is 0. The molecule has 0 aliphatic heterocycles. The van der Waals surface area contributed by atoms with Crippen molar-refractivity contribution in [1.29, 1.82) is 0 Å². The molecule has 1 aliphatic carbocycles. The van der Waals surface area contributed by atoms with E-state index in [1.807, 2.05) is 0 Å². The zero-order valence-corrected chi connectivity index (χ0v) is 9.70. The van der Waals surface area contributed by atoms with Gasteiger partial charge in [-0.1, -0.05) is 44.2 Å². The van der Waals surface area contributed by atoms with Crippen LogP contribution in [0.1, 0.15) is 42.4 Å². The summed E-state index contributed by atoms with van der Waals surface area (Å²) >= 11 is 0. The molecule has 2 aromatic rings. The summed E-state index contributed by atoms with van der Waals surface area (Å²) in [5.41, 5.74) is 3.92. The normalized spacial score (nSPS) is 22.9. The number of hydrogen-bond acceptors (Lipinski definition) is 1. The maximum absolute atomic E-state index is 9.37. The van der Waals surface area contributed by atoms with Crippen LogP contribution in [0.5, 0.6) is 0 Å². The fourth-order valence-corrected chi connectivity index (χ4v) is 2.96. The Morgan fingerprint density at radius 2 is 1.69 bits per heavy atom. The molecule has 0 radical (unpaired) electrons. The van der Waals surface area contributed by atoms with E-state index in [2.05, 4.69) is 44.2 Å². The number of aliphatic hydroxyl groups excluding tert-OH is 1. The van der Waals surface area contributed by atoms with E-state index in [-0.39, 0.29) is 6.61 Å². The minimum Gasteiger partial charge on any atom is -0.392 e. The largest absolute Gasteiger partial charge is 0.392 e. The second kappa shape index (κ2) is 3.33. The van der Waals surface area contributed by atoms with Crippen LogP contribution in [0.3, 0.4) is 0 Å². The summed E-state index contributed by atoms with van der Waals surface area (Å²) in [4.78, 5) is 0. The van der Waals surface area contributed by atoms with Gasteiger partial charge in [-0.15, -0.1) is 0 Å². The molecule has 0 amide bonds. The second-order valence-corrected chi connectivity index (χ2v) is 4.82. The van der Waals surface area contributed by atoms with Gasteiger partial charge < -0.3 is 5.11 Å². The topological polar surface area (TPSA) is 20.2 Å². The predicted octanol–water partition coefficient (Wildman–Crippen LogP) is 3.55. The molecule has 1 heteroatoms. The molecule has 0 bridgehead atoms. The van der Waals surface area contributed by atoms with Crippen LogP contribution < -0.4 is 0 Å². The third-order valence-corrected chi connectivity index (χ3v) is 4.10. The van der Waals surface area contributed by atoms with Crippen LogP contribution >= 0.6 is 0 Å². The van der Waals surface area contributed by atoms with E-state index in [4.69, 9.17) is 0 Å². The Bertz CT molecular complexity index is 542. The van der Waals surface area contributed by atoms with E-state index >= 15 is 0 Å². The van der Waals surface area contributed by atoms with Crippen molar-refractivity contribution in [3.05, 3.63) is 47.0 Å². The average molecular weight is 212 g/mol. The Morgan fingerprint density at radius 1 is 1.00 bits per heavy atom. The minimum absolute atomic E-state index is 0.128. The van der Waals surface area contributed by atoms with Gasteiger partial charge in [0, 0.05) is 0 Å². The molecule has 0 fully saturated rings. The molecule has 0 saturated heterocycles. The van der Waals surface area contributed by atoms with Crippen LogP contribution in [0.4, 0.5) is 0 Å². The van der Waals surface area contributed by atoms with Crippen molar-refractivity contribution in [3.63, 3.8) is 0 Å². The number of hydrogen-bond donors (Lipinski definition) is 1. The molecule has 1 aliphatic rings. The monoisotopic (exact) mass is 212 g/mol. The molecule has 2 aromatic carbocycles. The smallest absolute Gasteiger partial charge is 0.0687 e. The quantitative estimate of drug-likeness (QED) is 0.766. The Balaban J connectivity index is 2.44. The van der Waals surface area contributed by atoms with Crippen molar-refractivity contribution in [2.24, 2.45) is 0 Å². The van der Waals surface area contributed by atoms with E-state index < -0.39 is 0 Å². The standard InChI is InChI=1S/C15H16O/c1-9-10(2)13-7-6-11(8-16)14-5-3-4-12(9)15(13)14/h3-7,9-10,16H,8H2,1-2H3. The molecule has 0 spiro atoms. The molecule has 0 aromatic heterocycles. The second-order valence-electron chi connectivity index (χ2n) is 4.82. The van der Waals surface area contributed by atoms with E-state index in [0.29, 0.717) is 11.8 Å². The lowest BCUT2D eigenvalue weighted by Gasteiger charge is -2.10. The maximum atomic E-state index is 9.37. The molecule has 2 unspecified atom stereocenters. The van der Waals surface area contributed by atoms with E-state index in [0.717, 1.165) is 5.56 Å². The zero-order valence-electron chi connectivity index (χ0n) is 9.70. The van der Waals surface area contributed by atoms with Gasteiger partial charge in [-0.2, -0.15) is 0 Å². The highest BCUT2D eigenvalue weighted by Crippen LogP contribution is 2.46. The van der Waals surface area contributed by atoms with Crippen molar-refractivity contribution in [1.82, 2.24) is 0 Å². The third kappa shape index (κ3) is 1.09. The molecule has 2 atom stereocenters. The molecular weight excluding hydrogens is 196 g/mol. The van der Waals surface area contributed by atoms with Crippen molar-refractivity contribution in [2.75, 3.05) is 0 Å². The first-order valence-corrected chi connectivity index (χ1v) is 5.89. The Kier molecular flexibility index (Phi) is 2.05. The molecule has 82 valence electrons. The summed E-state index contributed by atoms with van der Waals surface area (Å²) in [5, 5.41) is 12.0. The highest BCUT2D eigenvalue weighted by molar-refractivity contribution is 5.94. The number of benzene rings is 2.